The van der Waals surface area contributed by atoms with Gasteiger partial charge in [0.15, 0.2) is 28.6 Å². The van der Waals surface area contributed by atoms with Crippen molar-refractivity contribution in [3.63, 3.8) is 0 Å². The van der Waals surface area contributed by atoms with Gasteiger partial charge in [-0.1, -0.05) is 13.8 Å². The standard InChI is InChI=1S/C15H22O6/c1-5-7-20-13-9(3)12(19-4)11(16)10(15(17)18)14(13)21-8-6-2/h16H,5-8H2,1-4H3,(H,17,18). The number of aromatic hydroxyl groups is 1. The number of carboxylic acid groups (broad SMARTS) is 1. The monoisotopic (exact) mass is 298 g/mol. The van der Waals surface area contributed by atoms with E-state index in [1.54, 1.807) is 6.92 Å². The Kier molecular flexibility index (Phi) is 6.14. The molecular formula is C15H22O6. The van der Waals surface area contributed by atoms with Crippen LogP contribution >= 0.6 is 0 Å². The zero-order valence-corrected chi connectivity index (χ0v) is 12.9. The molecule has 0 atom stereocenters. The van der Waals surface area contributed by atoms with Gasteiger partial charge in [-0.3, -0.25) is 0 Å². The van der Waals surface area contributed by atoms with Gasteiger partial charge in [0.25, 0.3) is 0 Å². The van der Waals surface area contributed by atoms with Crippen LogP contribution in [-0.4, -0.2) is 36.5 Å². The molecule has 2 N–H and O–H groups in total. The van der Waals surface area contributed by atoms with Gasteiger partial charge in [0, 0.05) is 5.56 Å². The first kappa shape index (κ1) is 16.9. The minimum atomic E-state index is -1.29. The van der Waals surface area contributed by atoms with E-state index in [1.807, 2.05) is 13.8 Å². The average molecular weight is 298 g/mol. The maximum absolute atomic E-state index is 11.5. The van der Waals surface area contributed by atoms with Gasteiger partial charge in [0.1, 0.15) is 0 Å². The minimum Gasteiger partial charge on any atom is -0.504 e. The fourth-order valence-electron chi connectivity index (χ4n) is 1.95. The average Bonchev–Trinajstić information content (AvgIpc) is 2.44. The van der Waals surface area contributed by atoms with Crippen molar-refractivity contribution >= 4 is 5.97 Å². The first-order chi connectivity index (χ1) is 9.99. The van der Waals surface area contributed by atoms with Crippen molar-refractivity contribution in [3.8, 4) is 23.0 Å². The van der Waals surface area contributed by atoms with Crippen LogP contribution in [0.15, 0.2) is 0 Å². The highest BCUT2D eigenvalue weighted by atomic mass is 16.5. The van der Waals surface area contributed by atoms with Crippen molar-refractivity contribution in [1.82, 2.24) is 0 Å². The number of ether oxygens (including phenoxy) is 3. The molecule has 6 nitrogen and oxygen atoms in total. The Labute approximate surface area is 124 Å². The molecule has 1 aromatic carbocycles. The lowest BCUT2D eigenvalue weighted by Crippen LogP contribution is -2.10. The highest BCUT2D eigenvalue weighted by Gasteiger charge is 2.29. The Morgan fingerprint density at radius 1 is 1.05 bits per heavy atom. The van der Waals surface area contributed by atoms with Gasteiger partial charge < -0.3 is 24.4 Å². The predicted molar refractivity (Wildman–Crippen MR) is 77.9 cm³/mol. The summed E-state index contributed by atoms with van der Waals surface area (Å²) in [4.78, 5) is 11.5. The fraction of sp³-hybridized carbons (Fsp3) is 0.533. The topological polar surface area (TPSA) is 85.2 Å². The van der Waals surface area contributed by atoms with Crippen molar-refractivity contribution in [2.24, 2.45) is 0 Å². The van der Waals surface area contributed by atoms with Crippen LogP contribution in [0.5, 0.6) is 23.0 Å². The Morgan fingerprint density at radius 2 is 1.57 bits per heavy atom. The Bertz CT molecular complexity index is 510. The number of hydrogen-bond donors (Lipinski definition) is 2. The molecule has 0 aliphatic carbocycles. The lowest BCUT2D eigenvalue weighted by Gasteiger charge is -2.20. The van der Waals surface area contributed by atoms with Crippen molar-refractivity contribution in [3.05, 3.63) is 11.1 Å². The van der Waals surface area contributed by atoms with Gasteiger partial charge in [0.2, 0.25) is 0 Å². The number of phenols is 1. The van der Waals surface area contributed by atoms with Crippen molar-refractivity contribution in [2.45, 2.75) is 33.6 Å². The summed E-state index contributed by atoms with van der Waals surface area (Å²) >= 11 is 0. The molecule has 0 saturated heterocycles. The third kappa shape index (κ3) is 3.51. The summed E-state index contributed by atoms with van der Waals surface area (Å²) in [5, 5.41) is 19.5. The third-order valence-corrected chi connectivity index (χ3v) is 2.89. The Morgan fingerprint density at radius 3 is 2.00 bits per heavy atom. The third-order valence-electron chi connectivity index (χ3n) is 2.89. The second kappa shape index (κ2) is 7.61. The van der Waals surface area contributed by atoms with Gasteiger partial charge in [-0.25, -0.2) is 4.79 Å². The van der Waals surface area contributed by atoms with Crippen LogP contribution in [0.4, 0.5) is 0 Å². The molecule has 21 heavy (non-hydrogen) atoms. The Balaban J connectivity index is 3.54. The van der Waals surface area contributed by atoms with Crippen molar-refractivity contribution < 1.29 is 29.2 Å². The van der Waals surface area contributed by atoms with E-state index in [1.165, 1.54) is 7.11 Å². The molecule has 0 fully saturated rings. The highest BCUT2D eigenvalue weighted by molar-refractivity contribution is 5.97. The first-order valence-corrected chi connectivity index (χ1v) is 6.91. The number of methoxy groups -OCH3 is 1. The fourth-order valence-corrected chi connectivity index (χ4v) is 1.95. The largest absolute Gasteiger partial charge is 0.504 e. The number of benzene rings is 1. The van der Waals surface area contributed by atoms with Crippen LogP contribution in [0, 0.1) is 6.92 Å². The molecule has 6 heteroatoms. The number of aromatic carboxylic acids is 1. The zero-order valence-electron chi connectivity index (χ0n) is 12.9. The molecule has 118 valence electrons. The van der Waals surface area contributed by atoms with E-state index in [-0.39, 0.29) is 17.1 Å². The van der Waals surface area contributed by atoms with Gasteiger partial charge >= 0.3 is 5.97 Å². The van der Waals surface area contributed by atoms with Gasteiger partial charge in [0.05, 0.1) is 20.3 Å². The normalized spacial score (nSPS) is 10.3. The number of hydrogen-bond acceptors (Lipinski definition) is 5. The van der Waals surface area contributed by atoms with E-state index in [9.17, 15) is 15.0 Å². The zero-order chi connectivity index (χ0) is 16.0. The molecule has 1 rings (SSSR count). The lowest BCUT2D eigenvalue weighted by atomic mass is 10.1. The van der Waals surface area contributed by atoms with Gasteiger partial charge in [-0.2, -0.15) is 0 Å². The van der Waals surface area contributed by atoms with E-state index in [2.05, 4.69) is 0 Å². The van der Waals surface area contributed by atoms with Crippen LogP contribution in [0.25, 0.3) is 0 Å². The van der Waals surface area contributed by atoms with Crippen LogP contribution in [0.3, 0.4) is 0 Å². The molecule has 0 unspecified atom stereocenters. The smallest absolute Gasteiger partial charge is 0.343 e. The summed E-state index contributed by atoms with van der Waals surface area (Å²) in [6.45, 7) is 6.28. The molecule has 0 aliphatic heterocycles. The molecule has 0 heterocycles. The second-order valence-corrected chi connectivity index (χ2v) is 4.54. The molecule has 0 radical (unpaired) electrons. The van der Waals surface area contributed by atoms with Crippen LogP contribution < -0.4 is 14.2 Å². The molecule has 0 aliphatic rings. The van der Waals surface area contributed by atoms with Gasteiger partial charge in [-0.15, -0.1) is 0 Å². The van der Waals surface area contributed by atoms with E-state index in [0.717, 1.165) is 6.42 Å². The Hall–Kier alpha value is -2.11. The molecule has 0 bridgehead atoms. The van der Waals surface area contributed by atoms with E-state index >= 15 is 0 Å². The summed E-state index contributed by atoms with van der Waals surface area (Å²) in [6, 6.07) is 0. The van der Waals surface area contributed by atoms with Gasteiger partial charge in [-0.05, 0) is 19.8 Å². The van der Waals surface area contributed by atoms with Crippen LogP contribution in [0.1, 0.15) is 42.6 Å². The quantitative estimate of drug-likeness (QED) is 0.767. The van der Waals surface area contributed by atoms with Crippen LogP contribution in [-0.2, 0) is 0 Å². The van der Waals surface area contributed by atoms with Crippen LogP contribution in [0.2, 0.25) is 0 Å². The van der Waals surface area contributed by atoms with E-state index < -0.39 is 11.7 Å². The second-order valence-electron chi connectivity index (χ2n) is 4.54. The number of carbonyl (C=O) groups is 1. The van der Waals surface area contributed by atoms with E-state index in [0.29, 0.717) is 30.9 Å². The van der Waals surface area contributed by atoms with Crippen molar-refractivity contribution in [2.75, 3.05) is 20.3 Å². The predicted octanol–water partition coefficient (Wildman–Crippen LogP) is 2.99. The molecule has 0 saturated carbocycles. The summed E-state index contributed by atoms with van der Waals surface area (Å²) in [7, 11) is 1.36. The maximum Gasteiger partial charge on any atom is 0.343 e. The summed E-state index contributed by atoms with van der Waals surface area (Å²) in [5.41, 5.74) is 0.177. The molecule has 0 aromatic heterocycles. The molecule has 1 aromatic rings. The lowest BCUT2D eigenvalue weighted by molar-refractivity contribution is 0.0686. The minimum absolute atomic E-state index is 0.0496. The number of carboxylic acids is 1. The molecular weight excluding hydrogens is 276 g/mol. The van der Waals surface area contributed by atoms with E-state index in [4.69, 9.17) is 14.2 Å². The first-order valence-electron chi connectivity index (χ1n) is 6.91. The SMILES string of the molecule is CCCOc1c(C)c(OC)c(O)c(C(=O)O)c1OCCC. The number of rotatable bonds is 8. The summed E-state index contributed by atoms with van der Waals surface area (Å²) < 4.78 is 16.2. The highest BCUT2D eigenvalue weighted by Crippen LogP contribution is 2.47. The summed E-state index contributed by atoms with van der Waals surface area (Å²) in [6.07, 6.45) is 1.47. The molecule has 0 spiro atoms. The summed E-state index contributed by atoms with van der Waals surface area (Å²) in [5.74, 6) is -1.30. The van der Waals surface area contributed by atoms with Crippen molar-refractivity contribution in [1.29, 1.82) is 0 Å². The maximum atomic E-state index is 11.5. The molecule has 0 amide bonds.